The fraction of sp³-hybridized carbons (Fsp3) is 0.632. The van der Waals surface area contributed by atoms with Crippen LogP contribution in [0.5, 0.6) is 5.75 Å². The summed E-state index contributed by atoms with van der Waals surface area (Å²) in [5, 5.41) is 0. The number of ketones is 1. The van der Waals surface area contributed by atoms with E-state index in [0.29, 0.717) is 18.8 Å². The molecule has 1 rings (SSSR count). The van der Waals surface area contributed by atoms with Crippen LogP contribution in [0.4, 0.5) is 0 Å². The van der Waals surface area contributed by atoms with Gasteiger partial charge in [0.25, 0.3) is 0 Å². The zero-order valence-electron chi connectivity index (χ0n) is 14.5. The summed E-state index contributed by atoms with van der Waals surface area (Å²) in [6, 6.07) is 6.30. The van der Waals surface area contributed by atoms with E-state index in [1.165, 1.54) is 11.1 Å². The Hall–Kier alpha value is -1.31. The molecule has 0 fully saturated rings. The average molecular weight is 292 g/mol. The van der Waals surface area contributed by atoms with Crippen LogP contribution in [0.2, 0.25) is 0 Å². The minimum absolute atomic E-state index is 0.384. The van der Waals surface area contributed by atoms with Crippen LogP contribution < -0.4 is 4.74 Å². The first-order chi connectivity index (χ1) is 10.2. The van der Waals surface area contributed by atoms with E-state index in [4.69, 9.17) is 4.74 Å². The van der Waals surface area contributed by atoms with E-state index in [0.717, 1.165) is 37.9 Å². The van der Waals surface area contributed by atoms with Gasteiger partial charge in [-0.05, 0) is 56.4 Å². The normalized spacial score (nSPS) is 9.76. The van der Waals surface area contributed by atoms with Gasteiger partial charge in [-0.2, -0.15) is 0 Å². The maximum atomic E-state index is 11.2. The molecule has 120 valence electrons. The van der Waals surface area contributed by atoms with Crippen molar-refractivity contribution in [3.05, 3.63) is 29.3 Å². The summed E-state index contributed by atoms with van der Waals surface area (Å²) in [6.45, 7) is 10.8. The van der Waals surface area contributed by atoms with Crippen molar-refractivity contribution in [2.45, 2.75) is 73.1 Å². The highest BCUT2D eigenvalue weighted by atomic mass is 16.5. The highest BCUT2D eigenvalue weighted by molar-refractivity contribution is 5.77. The van der Waals surface area contributed by atoms with E-state index in [1.54, 1.807) is 0 Å². The van der Waals surface area contributed by atoms with Gasteiger partial charge in [0.2, 0.25) is 0 Å². The van der Waals surface area contributed by atoms with E-state index in [-0.39, 0.29) is 0 Å². The monoisotopic (exact) mass is 292 g/mol. The predicted molar refractivity (Wildman–Crippen MR) is 91.2 cm³/mol. The van der Waals surface area contributed by atoms with Gasteiger partial charge < -0.3 is 4.74 Å². The molecule has 1 aromatic rings. The Kier molecular flexibility index (Phi) is 11.7. The first kappa shape index (κ1) is 19.7. The summed E-state index contributed by atoms with van der Waals surface area (Å²) in [5.41, 5.74) is 2.70. The fourth-order valence-electron chi connectivity index (χ4n) is 2.16. The molecule has 1 aromatic carbocycles. The third-order valence-electron chi connectivity index (χ3n) is 3.43. The SMILES string of the molecule is CC.CCOc1ccc(C)c(CCCCCC(=O)CC)c1. The lowest BCUT2D eigenvalue weighted by Crippen LogP contribution is -1.97. The van der Waals surface area contributed by atoms with Crippen LogP contribution in [0.15, 0.2) is 18.2 Å². The number of carbonyl (C=O) groups is 1. The van der Waals surface area contributed by atoms with Crippen molar-refractivity contribution in [2.24, 2.45) is 0 Å². The molecule has 0 aliphatic rings. The average Bonchev–Trinajstić information content (AvgIpc) is 2.51. The number of hydrogen-bond acceptors (Lipinski definition) is 2. The number of hydrogen-bond donors (Lipinski definition) is 0. The maximum Gasteiger partial charge on any atom is 0.132 e. The summed E-state index contributed by atoms with van der Waals surface area (Å²) in [4.78, 5) is 11.2. The first-order valence-corrected chi connectivity index (χ1v) is 8.41. The third kappa shape index (κ3) is 8.54. The predicted octanol–water partition coefficient (Wildman–Crippen LogP) is 5.50. The molecule has 2 heteroatoms. The van der Waals surface area contributed by atoms with Gasteiger partial charge in [-0.3, -0.25) is 4.79 Å². The zero-order chi connectivity index (χ0) is 16.1. The molecule has 0 bridgehead atoms. The molecule has 0 N–H and O–H groups in total. The highest BCUT2D eigenvalue weighted by Gasteiger charge is 2.02. The molecule has 0 radical (unpaired) electrons. The summed E-state index contributed by atoms with van der Waals surface area (Å²) >= 11 is 0. The van der Waals surface area contributed by atoms with E-state index in [1.807, 2.05) is 33.8 Å². The van der Waals surface area contributed by atoms with Crippen LogP contribution in [0.25, 0.3) is 0 Å². The van der Waals surface area contributed by atoms with E-state index in [9.17, 15) is 4.79 Å². The highest BCUT2D eigenvalue weighted by Crippen LogP contribution is 2.19. The van der Waals surface area contributed by atoms with Crippen LogP contribution in [0.3, 0.4) is 0 Å². The molecule has 0 saturated carbocycles. The third-order valence-corrected chi connectivity index (χ3v) is 3.43. The Balaban J connectivity index is 0.00000191. The van der Waals surface area contributed by atoms with Crippen molar-refractivity contribution >= 4 is 5.78 Å². The van der Waals surface area contributed by atoms with Crippen molar-refractivity contribution in [3.63, 3.8) is 0 Å². The number of Topliss-reactive ketones (excluding diaryl/α,β-unsaturated/α-hetero) is 1. The standard InChI is InChI=1S/C17H26O2.C2H6/c1-4-16(18)10-8-6-7-9-15-13-17(19-5-2)12-11-14(15)3;1-2/h11-13H,4-10H2,1-3H3;1-2H3. The van der Waals surface area contributed by atoms with Gasteiger partial charge in [0.1, 0.15) is 11.5 Å². The fourth-order valence-corrected chi connectivity index (χ4v) is 2.16. The van der Waals surface area contributed by atoms with Gasteiger partial charge in [-0.25, -0.2) is 0 Å². The van der Waals surface area contributed by atoms with Crippen molar-refractivity contribution in [1.82, 2.24) is 0 Å². The van der Waals surface area contributed by atoms with Crippen molar-refractivity contribution in [3.8, 4) is 5.75 Å². The molecule has 0 atom stereocenters. The minimum Gasteiger partial charge on any atom is -0.494 e. The molecule has 0 spiro atoms. The second-order valence-electron chi connectivity index (χ2n) is 4.97. The van der Waals surface area contributed by atoms with Gasteiger partial charge in [-0.1, -0.05) is 33.3 Å². The Labute approximate surface area is 130 Å². The van der Waals surface area contributed by atoms with Crippen LogP contribution in [-0.4, -0.2) is 12.4 Å². The summed E-state index contributed by atoms with van der Waals surface area (Å²) in [6.07, 6.45) is 5.80. The van der Waals surface area contributed by atoms with Crippen molar-refractivity contribution < 1.29 is 9.53 Å². The molecule has 0 aromatic heterocycles. The second-order valence-corrected chi connectivity index (χ2v) is 4.97. The molecule has 0 unspecified atom stereocenters. The molecule has 0 aliphatic heterocycles. The molecule has 0 heterocycles. The van der Waals surface area contributed by atoms with Crippen LogP contribution in [-0.2, 0) is 11.2 Å². The topological polar surface area (TPSA) is 26.3 Å². The molecule has 0 saturated heterocycles. The molecule has 21 heavy (non-hydrogen) atoms. The number of unbranched alkanes of at least 4 members (excludes halogenated alkanes) is 2. The van der Waals surface area contributed by atoms with Crippen molar-refractivity contribution in [1.29, 1.82) is 0 Å². The number of benzene rings is 1. The number of rotatable bonds is 9. The smallest absolute Gasteiger partial charge is 0.132 e. The molecular formula is C19H32O2. The lowest BCUT2D eigenvalue weighted by molar-refractivity contribution is -0.118. The lowest BCUT2D eigenvalue weighted by atomic mass is 10.0. The van der Waals surface area contributed by atoms with Gasteiger partial charge in [0, 0.05) is 12.8 Å². The second kappa shape index (κ2) is 12.4. The number of ether oxygens (including phenoxy) is 1. The van der Waals surface area contributed by atoms with Crippen molar-refractivity contribution in [2.75, 3.05) is 6.61 Å². The Morgan fingerprint density at radius 2 is 1.81 bits per heavy atom. The molecule has 2 nitrogen and oxygen atoms in total. The van der Waals surface area contributed by atoms with Gasteiger partial charge >= 0.3 is 0 Å². The Bertz CT molecular complexity index is 397. The Morgan fingerprint density at radius 3 is 2.43 bits per heavy atom. The minimum atomic E-state index is 0.384. The van der Waals surface area contributed by atoms with Crippen LogP contribution in [0, 0.1) is 6.92 Å². The summed E-state index contributed by atoms with van der Waals surface area (Å²) < 4.78 is 5.53. The number of aryl methyl sites for hydroxylation is 2. The van der Waals surface area contributed by atoms with Gasteiger partial charge in [0.05, 0.1) is 6.61 Å². The lowest BCUT2D eigenvalue weighted by Gasteiger charge is -2.09. The largest absolute Gasteiger partial charge is 0.494 e. The van der Waals surface area contributed by atoms with E-state index < -0.39 is 0 Å². The van der Waals surface area contributed by atoms with E-state index in [2.05, 4.69) is 19.1 Å². The maximum absolute atomic E-state index is 11.2. The quantitative estimate of drug-likeness (QED) is 0.562. The molecule has 0 aliphatic carbocycles. The Morgan fingerprint density at radius 1 is 1.10 bits per heavy atom. The van der Waals surface area contributed by atoms with Crippen LogP contribution in [0.1, 0.15) is 70.9 Å². The summed E-state index contributed by atoms with van der Waals surface area (Å²) in [7, 11) is 0. The van der Waals surface area contributed by atoms with Crippen LogP contribution >= 0.6 is 0 Å². The molecule has 0 amide bonds. The zero-order valence-corrected chi connectivity index (χ0v) is 14.5. The molecular weight excluding hydrogens is 260 g/mol. The van der Waals surface area contributed by atoms with E-state index >= 15 is 0 Å². The number of carbonyl (C=O) groups excluding carboxylic acids is 1. The first-order valence-electron chi connectivity index (χ1n) is 8.41. The van der Waals surface area contributed by atoms with Gasteiger partial charge in [-0.15, -0.1) is 0 Å². The van der Waals surface area contributed by atoms with Gasteiger partial charge in [0.15, 0.2) is 0 Å². The summed E-state index contributed by atoms with van der Waals surface area (Å²) in [5.74, 6) is 1.35.